The molecule has 0 aliphatic carbocycles. The molecular formula is C17H20FN3O4. The number of hydrogen-bond donors (Lipinski definition) is 1. The first-order valence-corrected chi connectivity index (χ1v) is 7.68. The van der Waals surface area contributed by atoms with Crippen LogP contribution in [0.5, 0.6) is 5.75 Å². The number of carbonyl (C=O) groups excluding carboxylic acids is 2. The van der Waals surface area contributed by atoms with Crippen LogP contribution in [0.4, 0.5) is 10.2 Å². The van der Waals surface area contributed by atoms with Gasteiger partial charge in [0.25, 0.3) is 0 Å². The molecule has 2 amide bonds. The van der Waals surface area contributed by atoms with Crippen LogP contribution in [0.2, 0.25) is 0 Å². The molecule has 0 spiro atoms. The highest BCUT2D eigenvalue weighted by molar-refractivity contribution is 5.93. The molecule has 7 nitrogen and oxygen atoms in total. The maximum Gasteiger partial charge on any atom is 0.245 e. The highest BCUT2D eigenvalue weighted by Gasteiger charge is 2.14. The maximum absolute atomic E-state index is 13.6. The third-order valence-electron chi connectivity index (χ3n) is 3.55. The van der Waals surface area contributed by atoms with E-state index in [1.165, 1.54) is 31.2 Å². The number of ether oxygens (including phenoxy) is 1. The van der Waals surface area contributed by atoms with Crippen molar-refractivity contribution in [2.75, 3.05) is 26.0 Å². The van der Waals surface area contributed by atoms with Gasteiger partial charge in [-0.05, 0) is 31.0 Å². The Labute approximate surface area is 144 Å². The van der Waals surface area contributed by atoms with Gasteiger partial charge in [0.1, 0.15) is 5.76 Å². The molecule has 0 aliphatic heterocycles. The molecule has 8 heteroatoms. The number of likely N-dealkylation sites (N-methyl/N-ethyl adjacent to an activating group) is 1. The number of methoxy groups -OCH3 is 1. The van der Waals surface area contributed by atoms with E-state index in [-0.39, 0.29) is 30.5 Å². The lowest BCUT2D eigenvalue weighted by Gasteiger charge is -2.16. The lowest BCUT2D eigenvalue weighted by molar-refractivity contribution is -0.133. The normalized spacial score (nSPS) is 10.4. The predicted octanol–water partition coefficient (Wildman–Crippen LogP) is 2.16. The number of rotatable bonds is 7. The second-order valence-electron chi connectivity index (χ2n) is 5.59. The monoisotopic (exact) mass is 349 g/mol. The van der Waals surface area contributed by atoms with E-state index in [0.29, 0.717) is 23.6 Å². The van der Waals surface area contributed by atoms with Crippen LogP contribution in [0.15, 0.2) is 28.8 Å². The van der Waals surface area contributed by atoms with E-state index in [4.69, 9.17) is 9.26 Å². The van der Waals surface area contributed by atoms with E-state index >= 15 is 0 Å². The number of aryl methyl sites for hydroxylation is 2. The van der Waals surface area contributed by atoms with Gasteiger partial charge in [0.2, 0.25) is 11.8 Å². The molecule has 1 N–H and O–H groups in total. The van der Waals surface area contributed by atoms with Crippen molar-refractivity contribution in [3.05, 3.63) is 41.4 Å². The van der Waals surface area contributed by atoms with Gasteiger partial charge in [-0.25, -0.2) is 4.39 Å². The van der Waals surface area contributed by atoms with Gasteiger partial charge >= 0.3 is 0 Å². The zero-order chi connectivity index (χ0) is 18.4. The number of carbonyl (C=O) groups is 2. The van der Waals surface area contributed by atoms with Crippen molar-refractivity contribution in [1.29, 1.82) is 0 Å². The number of aromatic nitrogens is 1. The molecule has 1 heterocycles. The van der Waals surface area contributed by atoms with Crippen LogP contribution in [0, 0.1) is 12.7 Å². The minimum absolute atomic E-state index is 0.109. The summed E-state index contributed by atoms with van der Waals surface area (Å²) in [5, 5.41) is 6.19. The summed E-state index contributed by atoms with van der Waals surface area (Å²) < 4.78 is 23.3. The first-order valence-electron chi connectivity index (χ1n) is 7.68. The molecule has 0 radical (unpaired) electrons. The van der Waals surface area contributed by atoms with Gasteiger partial charge < -0.3 is 19.5 Å². The van der Waals surface area contributed by atoms with E-state index in [2.05, 4.69) is 10.5 Å². The Balaban J connectivity index is 1.81. The van der Waals surface area contributed by atoms with E-state index in [0.717, 1.165) is 0 Å². The molecule has 1 aromatic heterocycles. The van der Waals surface area contributed by atoms with Crippen molar-refractivity contribution in [1.82, 2.24) is 10.1 Å². The number of nitrogens with zero attached hydrogens (tertiary/aromatic N) is 2. The fourth-order valence-corrected chi connectivity index (χ4v) is 2.22. The lowest BCUT2D eigenvalue weighted by Crippen LogP contribution is -2.35. The highest BCUT2D eigenvalue weighted by atomic mass is 19.1. The van der Waals surface area contributed by atoms with Gasteiger partial charge in [-0.15, -0.1) is 0 Å². The Morgan fingerprint density at radius 2 is 2.12 bits per heavy atom. The van der Waals surface area contributed by atoms with Crippen LogP contribution >= 0.6 is 0 Å². The fourth-order valence-electron chi connectivity index (χ4n) is 2.22. The van der Waals surface area contributed by atoms with Crippen LogP contribution in [-0.2, 0) is 16.0 Å². The zero-order valence-corrected chi connectivity index (χ0v) is 14.3. The van der Waals surface area contributed by atoms with Gasteiger partial charge in [0, 0.05) is 19.5 Å². The van der Waals surface area contributed by atoms with Crippen molar-refractivity contribution in [3.63, 3.8) is 0 Å². The number of amides is 2. The van der Waals surface area contributed by atoms with Gasteiger partial charge in [-0.1, -0.05) is 11.2 Å². The number of nitrogens with one attached hydrogen (secondary N) is 1. The number of anilines is 1. The third-order valence-corrected chi connectivity index (χ3v) is 3.55. The summed E-state index contributed by atoms with van der Waals surface area (Å²) >= 11 is 0. The van der Waals surface area contributed by atoms with E-state index < -0.39 is 5.82 Å². The second kappa shape index (κ2) is 8.27. The Bertz CT molecular complexity index is 760. The average Bonchev–Trinajstić information content (AvgIpc) is 2.97. The minimum Gasteiger partial charge on any atom is -0.494 e. The number of benzene rings is 1. The summed E-state index contributed by atoms with van der Waals surface area (Å²) in [5.74, 6) is -0.0269. The van der Waals surface area contributed by atoms with Crippen LogP contribution in [0.3, 0.4) is 0 Å². The summed E-state index contributed by atoms with van der Waals surface area (Å²) in [4.78, 5) is 25.3. The molecule has 2 rings (SSSR count). The van der Waals surface area contributed by atoms with Crippen molar-refractivity contribution in [2.45, 2.75) is 19.8 Å². The van der Waals surface area contributed by atoms with Gasteiger partial charge in [-0.2, -0.15) is 0 Å². The Morgan fingerprint density at radius 1 is 1.36 bits per heavy atom. The molecule has 0 saturated carbocycles. The van der Waals surface area contributed by atoms with Crippen molar-refractivity contribution >= 4 is 17.6 Å². The van der Waals surface area contributed by atoms with Crippen molar-refractivity contribution < 1.29 is 23.2 Å². The van der Waals surface area contributed by atoms with Gasteiger partial charge in [0.05, 0.1) is 13.7 Å². The summed E-state index contributed by atoms with van der Waals surface area (Å²) in [6.45, 7) is 1.60. The Kier molecular flexibility index (Phi) is 6.10. The molecule has 0 atom stereocenters. The van der Waals surface area contributed by atoms with Crippen LogP contribution in [-0.4, -0.2) is 42.6 Å². The molecule has 0 unspecified atom stereocenters. The molecule has 1 aromatic carbocycles. The molecule has 0 bridgehead atoms. The summed E-state index contributed by atoms with van der Waals surface area (Å²) in [7, 11) is 2.92. The number of halogens is 1. The first-order chi connectivity index (χ1) is 11.9. The largest absolute Gasteiger partial charge is 0.494 e. The van der Waals surface area contributed by atoms with E-state index in [1.807, 2.05) is 0 Å². The molecule has 134 valence electrons. The Morgan fingerprint density at radius 3 is 2.72 bits per heavy atom. The molecule has 2 aromatic rings. The lowest BCUT2D eigenvalue weighted by atomic mass is 10.1. The Hall–Kier alpha value is -2.90. The van der Waals surface area contributed by atoms with Crippen LogP contribution < -0.4 is 10.1 Å². The maximum atomic E-state index is 13.6. The first kappa shape index (κ1) is 18.4. The highest BCUT2D eigenvalue weighted by Crippen LogP contribution is 2.18. The molecule has 25 heavy (non-hydrogen) atoms. The molecular weight excluding hydrogens is 329 g/mol. The third kappa shape index (κ3) is 5.30. The predicted molar refractivity (Wildman–Crippen MR) is 88.8 cm³/mol. The fraction of sp³-hybridized carbons (Fsp3) is 0.353. The summed E-state index contributed by atoms with van der Waals surface area (Å²) in [6, 6.07) is 6.14. The summed E-state index contributed by atoms with van der Waals surface area (Å²) in [6.07, 6.45) is 0.535. The van der Waals surface area contributed by atoms with Crippen molar-refractivity contribution in [2.24, 2.45) is 0 Å². The van der Waals surface area contributed by atoms with E-state index in [1.54, 1.807) is 19.1 Å². The smallest absolute Gasteiger partial charge is 0.245 e. The van der Waals surface area contributed by atoms with Crippen molar-refractivity contribution in [3.8, 4) is 5.75 Å². The molecule has 0 aliphatic rings. The summed E-state index contributed by atoms with van der Waals surface area (Å²) in [5.41, 5.74) is 0.683. The number of hydrogen-bond acceptors (Lipinski definition) is 5. The molecule has 0 saturated heterocycles. The second-order valence-corrected chi connectivity index (χ2v) is 5.59. The van der Waals surface area contributed by atoms with E-state index in [9.17, 15) is 14.0 Å². The molecule has 0 fully saturated rings. The zero-order valence-electron chi connectivity index (χ0n) is 14.3. The standard InChI is InChI=1S/C17H20FN3O4/c1-11-8-15(20-25-11)19-16(22)10-21(2)17(23)7-5-12-4-6-14(24-3)13(18)9-12/h4,6,8-9H,5,7,10H2,1-3H3,(H,19,20,22). The SMILES string of the molecule is COc1ccc(CCC(=O)N(C)CC(=O)Nc2cc(C)on2)cc1F. The average molecular weight is 349 g/mol. The van der Waals surface area contributed by atoms with Gasteiger partial charge in [-0.3, -0.25) is 9.59 Å². The topological polar surface area (TPSA) is 84.7 Å². The quantitative estimate of drug-likeness (QED) is 0.828. The van der Waals surface area contributed by atoms with Crippen LogP contribution in [0.1, 0.15) is 17.7 Å². The van der Waals surface area contributed by atoms with Crippen LogP contribution in [0.25, 0.3) is 0 Å². The minimum atomic E-state index is -0.469. The van der Waals surface area contributed by atoms with Gasteiger partial charge in [0.15, 0.2) is 17.4 Å².